The summed E-state index contributed by atoms with van der Waals surface area (Å²) in [5, 5.41) is 11.6. The quantitative estimate of drug-likeness (QED) is 0.779. The van der Waals surface area contributed by atoms with Crippen LogP contribution in [0.1, 0.15) is 41.0 Å². The van der Waals surface area contributed by atoms with Crippen molar-refractivity contribution in [2.24, 2.45) is 5.92 Å². The molecule has 0 saturated carbocycles. The molecule has 1 amide bonds. The summed E-state index contributed by atoms with van der Waals surface area (Å²) in [6.45, 7) is 3.75. The summed E-state index contributed by atoms with van der Waals surface area (Å²) in [5.41, 5.74) is 0.453. The van der Waals surface area contributed by atoms with E-state index in [9.17, 15) is 14.4 Å². The number of methoxy groups -OCH3 is 1. The summed E-state index contributed by atoms with van der Waals surface area (Å²) in [5.74, 6) is -2.04. The molecular formula is C15H19NO5. The standard InChI is InChI=1S/C15H19NO5/c1-9(2)7-12(14(18)19)16-13(17)10-5-4-6-11(8-10)15(20)21-3/h4-6,8-9,12H,7H2,1-3H3,(H,16,17)(H,18,19)/t12-/m0/s1. The maximum absolute atomic E-state index is 12.1. The number of amides is 1. The van der Waals surface area contributed by atoms with Crippen molar-refractivity contribution in [1.82, 2.24) is 5.32 Å². The van der Waals surface area contributed by atoms with Gasteiger partial charge in [-0.25, -0.2) is 9.59 Å². The molecule has 1 aromatic rings. The Bertz CT molecular complexity index is 539. The SMILES string of the molecule is COC(=O)c1cccc(C(=O)N[C@@H](CC(C)C)C(=O)O)c1. The number of rotatable bonds is 6. The van der Waals surface area contributed by atoms with Crippen LogP contribution in [-0.4, -0.2) is 36.1 Å². The zero-order valence-corrected chi connectivity index (χ0v) is 12.3. The van der Waals surface area contributed by atoms with Crippen molar-refractivity contribution < 1.29 is 24.2 Å². The lowest BCUT2D eigenvalue weighted by Gasteiger charge is -2.16. The number of benzene rings is 1. The highest BCUT2D eigenvalue weighted by molar-refractivity contribution is 5.99. The lowest BCUT2D eigenvalue weighted by molar-refractivity contribution is -0.139. The van der Waals surface area contributed by atoms with E-state index in [4.69, 9.17) is 5.11 Å². The fourth-order valence-electron chi connectivity index (χ4n) is 1.84. The molecule has 0 aliphatic heterocycles. The molecule has 0 spiro atoms. The summed E-state index contributed by atoms with van der Waals surface area (Å²) in [6, 6.07) is 4.98. The molecule has 114 valence electrons. The number of carbonyl (C=O) groups excluding carboxylic acids is 2. The second-order valence-corrected chi connectivity index (χ2v) is 5.07. The van der Waals surface area contributed by atoms with E-state index in [0.717, 1.165) is 0 Å². The van der Waals surface area contributed by atoms with Gasteiger partial charge in [-0.05, 0) is 30.5 Å². The third-order valence-electron chi connectivity index (χ3n) is 2.86. The number of carboxylic acid groups (broad SMARTS) is 1. The van der Waals surface area contributed by atoms with E-state index in [1.807, 2.05) is 13.8 Å². The van der Waals surface area contributed by atoms with Crippen LogP contribution in [0.4, 0.5) is 0 Å². The monoisotopic (exact) mass is 293 g/mol. The van der Waals surface area contributed by atoms with Crippen LogP contribution in [-0.2, 0) is 9.53 Å². The minimum absolute atomic E-state index is 0.132. The molecule has 1 atom stereocenters. The number of aliphatic carboxylic acids is 1. The van der Waals surface area contributed by atoms with Crippen molar-refractivity contribution in [1.29, 1.82) is 0 Å². The van der Waals surface area contributed by atoms with Crippen LogP contribution in [0.2, 0.25) is 0 Å². The van der Waals surface area contributed by atoms with Crippen molar-refractivity contribution in [2.45, 2.75) is 26.3 Å². The van der Waals surface area contributed by atoms with Gasteiger partial charge in [0.25, 0.3) is 5.91 Å². The molecule has 0 heterocycles. The highest BCUT2D eigenvalue weighted by atomic mass is 16.5. The van der Waals surface area contributed by atoms with Crippen LogP contribution < -0.4 is 5.32 Å². The van der Waals surface area contributed by atoms with Gasteiger partial charge in [-0.15, -0.1) is 0 Å². The Morgan fingerprint density at radius 1 is 1.24 bits per heavy atom. The first-order valence-electron chi connectivity index (χ1n) is 6.57. The molecule has 6 heteroatoms. The van der Waals surface area contributed by atoms with Gasteiger partial charge in [0.05, 0.1) is 12.7 Å². The Balaban J connectivity index is 2.87. The van der Waals surface area contributed by atoms with Crippen molar-refractivity contribution in [3.8, 4) is 0 Å². The average Bonchev–Trinajstić information content (AvgIpc) is 2.45. The number of carbonyl (C=O) groups is 3. The van der Waals surface area contributed by atoms with Crippen molar-refractivity contribution in [3.05, 3.63) is 35.4 Å². The van der Waals surface area contributed by atoms with Gasteiger partial charge >= 0.3 is 11.9 Å². The fourth-order valence-corrected chi connectivity index (χ4v) is 1.84. The van der Waals surface area contributed by atoms with Crippen LogP contribution in [0.3, 0.4) is 0 Å². The third-order valence-corrected chi connectivity index (χ3v) is 2.86. The van der Waals surface area contributed by atoms with Gasteiger partial charge in [-0.2, -0.15) is 0 Å². The van der Waals surface area contributed by atoms with Crippen LogP contribution in [0.15, 0.2) is 24.3 Å². The highest BCUT2D eigenvalue weighted by Gasteiger charge is 2.22. The lowest BCUT2D eigenvalue weighted by atomic mass is 10.0. The van der Waals surface area contributed by atoms with Crippen LogP contribution in [0.5, 0.6) is 0 Å². The molecule has 0 aromatic heterocycles. The van der Waals surface area contributed by atoms with Crippen molar-refractivity contribution in [3.63, 3.8) is 0 Å². The molecule has 1 rings (SSSR count). The summed E-state index contributed by atoms with van der Waals surface area (Å²) in [4.78, 5) is 34.6. The van der Waals surface area contributed by atoms with E-state index < -0.39 is 23.9 Å². The molecule has 0 bridgehead atoms. The van der Waals surface area contributed by atoms with Gasteiger partial charge in [0.2, 0.25) is 0 Å². The van der Waals surface area contributed by atoms with Crippen LogP contribution >= 0.6 is 0 Å². The minimum Gasteiger partial charge on any atom is -0.480 e. The predicted octanol–water partition coefficient (Wildman–Crippen LogP) is 1.70. The molecule has 0 unspecified atom stereocenters. The van der Waals surface area contributed by atoms with E-state index in [0.29, 0.717) is 6.42 Å². The van der Waals surface area contributed by atoms with Gasteiger partial charge in [0, 0.05) is 5.56 Å². The third kappa shape index (κ3) is 4.91. The van der Waals surface area contributed by atoms with Gasteiger partial charge in [-0.1, -0.05) is 19.9 Å². The summed E-state index contributed by atoms with van der Waals surface area (Å²) >= 11 is 0. The van der Waals surface area contributed by atoms with E-state index in [2.05, 4.69) is 10.1 Å². The van der Waals surface area contributed by atoms with E-state index in [1.54, 1.807) is 6.07 Å². The summed E-state index contributed by atoms with van der Waals surface area (Å²) in [7, 11) is 1.25. The number of esters is 1. The molecule has 2 N–H and O–H groups in total. The Labute approximate surface area is 123 Å². The molecule has 1 aromatic carbocycles. The summed E-state index contributed by atoms with van der Waals surface area (Å²) < 4.78 is 4.58. The Kier molecular flexibility index (Phi) is 5.90. The van der Waals surface area contributed by atoms with Crippen molar-refractivity contribution in [2.75, 3.05) is 7.11 Å². The van der Waals surface area contributed by atoms with Crippen molar-refractivity contribution >= 4 is 17.8 Å². The van der Waals surface area contributed by atoms with Gasteiger partial charge < -0.3 is 15.2 Å². The fraction of sp³-hybridized carbons (Fsp3) is 0.400. The first-order valence-corrected chi connectivity index (χ1v) is 6.57. The smallest absolute Gasteiger partial charge is 0.337 e. The van der Waals surface area contributed by atoms with E-state index >= 15 is 0 Å². The molecule has 0 saturated heterocycles. The maximum atomic E-state index is 12.1. The Hall–Kier alpha value is -2.37. The summed E-state index contributed by atoms with van der Waals surface area (Å²) in [6.07, 6.45) is 0.331. The number of ether oxygens (including phenoxy) is 1. The number of hydrogen-bond acceptors (Lipinski definition) is 4. The molecule has 21 heavy (non-hydrogen) atoms. The average molecular weight is 293 g/mol. The highest BCUT2D eigenvalue weighted by Crippen LogP contribution is 2.09. The van der Waals surface area contributed by atoms with Crippen LogP contribution in [0, 0.1) is 5.92 Å². The molecule has 6 nitrogen and oxygen atoms in total. The second-order valence-electron chi connectivity index (χ2n) is 5.07. The number of carboxylic acids is 1. The Morgan fingerprint density at radius 3 is 2.38 bits per heavy atom. The second kappa shape index (κ2) is 7.42. The van der Waals surface area contributed by atoms with Crippen LogP contribution in [0.25, 0.3) is 0 Å². The van der Waals surface area contributed by atoms with Gasteiger partial charge in [0.1, 0.15) is 6.04 Å². The Morgan fingerprint density at radius 2 is 1.86 bits per heavy atom. The lowest BCUT2D eigenvalue weighted by Crippen LogP contribution is -2.41. The molecule has 0 aliphatic rings. The first-order chi connectivity index (χ1) is 9.85. The van der Waals surface area contributed by atoms with E-state index in [-0.39, 0.29) is 17.0 Å². The maximum Gasteiger partial charge on any atom is 0.337 e. The topological polar surface area (TPSA) is 92.7 Å². The zero-order valence-electron chi connectivity index (χ0n) is 12.3. The minimum atomic E-state index is -1.08. The van der Waals surface area contributed by atoms with E-state index in [1.165, 1.54) is 25.3 Å². The first kappa shape index (κ1) is 16.7. The predicted molar refractivity (Wildman–Crippen MR) is 76.1 cm³/mol. The molecule has 0 radical (unpaired) electrons. The normalized spacial score (nSPS) is 11.8. The largest absolute Gasteiger partial charge is 0.480 e. The molecule has 0 fully saturated rings. The molecular weight excluding hydrogens is 274 g/mol. The van der Waals surface area contributed by atoms with Gasteiger partial charge in [0.15, 0.2) is 0 Å². The molecule has 0 aliphatic carbocycles. The number of hydrogen-bond donors (Lipinski definition) is 2. The zero-order chi connectivity index (χ0) is 16.0. The number of nitrogens with one attached hydrogen (secondary N) is 1. The van der Waals surface area contributed by atoms with Gasteiger partial charge in [-0.3, -0.25) is 4.79 Å².